The van der Waals surface area contributed by atoms with Gasteiger partial charge in [0.2, 0.25) is 10.0 Å². The summed E-state index contributed by atoms with van der Waals surface area (Å²) in [6.45, 7) is 2.91. The number of nitriles is 1. The molecule has 0 N–H and O–H groups in total. The second-order valence-corrected chi connectivity index (χ2v) is 6.00. The van der Waals surface area contributed by atoms with E-state index in [9.17, 15) is 8.42 Å². The van der Waals surface area contributed by atoms with Crippen molar-refractivity contribution in [3.63, 3.8) is 0 Å². The molecule has 1 atom stereocenters. The first-order chi connectivity index (χ1) is 7.12. The highest BCUT2D eigenvalue weighted by Crippen LogP contribution is 2.17. The van der Waals surface area contributed by atoms with Crippen LogP contribution in [0.5, 0.6) is 0 Å². The molecule has 1 aliphatic rings. The van der Waals surface area contributed by atoms with Crippen LogP contribution in [0.3, 0.4) is 0 Å². The standard InChI is InChI=1S/C10H18N2O2S/c1-2-10(9-11)15(13,14)12-7-5-3-4-6-8-12/h10H,2-8H2,1H3. The molecule has 0 aromatic rings. The van der Waals surface area contributed by atoms with Gasteiger partial charge in [0.25, 0.3) is 0 Å². The fourth-order valence-electron chi connectivity index (χ4n) is 1.84. The molecule has 0 aromatic heterocycles. The molecule has 0 aromatic carbocycles. The van der Waals surface area contributed by atoms with Crippen LogP contribution in [0.15, 0.2) is 0 Å². The third kappa shape index (κ3) is 2.93. The Morgan fingerprint density at radius 3 is 2.20 bits per heavy atom. The summed E-state index contributed by atoms with van der Waals surface area (Å²) in [6.07, 6.45) is 4.39. The fraction of sp³-hybridized carbons (Fsp3) is 0.900. The van der Waals surface area contributed by atoms with E-state index >= 15 is 0 Å². The molecule has 5 heteroatoms. The molecule has 0 aliphatic carbocycles. The lowest BCUT2D eigenvalue weighted by Crippen LogP contribution is -2.38. The van der Waals surface area contributed by atoms with Gasteiger partial charge in [0, 0.05) is 13.1 Å². The molecule has 1 rings (SSSR count). The van der Waals surface area contributed by atoms with Crippen LogP contribution in [0.2, 0.25) is 0 Å². The minimum atomic E-state index is -3.38. The molecule has 0 bridgehead atoms. The van der Waals surface area contributed by atoms with Gasteiger partial charge in [-0.2, -0.15) is 5.26 Å². The van der Waals surface area contributed by atoms with E-state index < -0.39 is 15.3 Å². The molecule has 0 radical (unpaired) electrons. The predicted octanol–water partition coefficient (Wildman–Crippen LogP) is 1.49. The van der Waals surface area contributed by atoms with Gasteiger partial charge in [-0.25, -0.2) is 12.7 Å². The van der Waals surface area contributed by atoms with Gasteiger partial charge < -0.3 is 0 Å². The molecular formula is C10H18N2O2S. The average molecular weight is 230 g/mol. The molecule has 1 fully saturated rings. The van der Waals surface area contributed by atoms with E-state index in [1.807, 2.05) is 6.07 Å². The highest BCUT2D eigenvalue weighted by atomic mass is 32.2. The van der Waals surface area contributed by atoms with Crippen molar-refractivity contribution in [3.8, 4) is 6.07 Å². The maximum atomic E-state index is 12.0. The van der Waals surface area contributed by atoms with Crippen LogP contribution in [-0.4, -0.2) is 31.1 Å². The topological polar surface area (TPSA) is 61.2 Å². The molecule has 0 spiro atoms. The van der Waals surface area contributed by atoms with Gasteiger partial charge in [-0.15, -0.1) is 0 Å². The molecule has 0 saturated carbocycles. The molecule has 15 heavy (non-hydrogen) atoms. The lowest BCUT2D eigenvalue weighted by Gasteiger charge is -2.22. The zero-order chi connectivity index (χ0) is 11.3. The van der Waals surface area contributed by atoms with Crippen molar-refractivity contribution < 1.29 is 8.42 Å². The van der Waals surface area contributed by atoms with Gasteiger partial charge in [0.15, 0.2) is 5.25 Å². The number of hydrogen-bond donors (Lipinski definition) is 0. The van der Waals surface area contributed by atoms with Crippen molar-refractivity contribution in [2.75, 3.05) is 13.1 Å². The van der Waals surface area contributed by atoms with E-state index in [4.69, 9.17) is 5.26 Å². The third-order valence-corrected chi connectivity index (χ3v) is 5.04. The monoisotopic (exact) mass is 230 g/mol. The van der Waals surface area contributed by atoms with Crippen molar-refractivity contribution in [3.05, 3.63) is 0 Å². The number of nitrogens with zero attached hydrogens (tertiary/aromatic N) is 2. The summed E-state index contributed by atoms with van der Waals surface area (Å²) in [6, 6.07) is 1.88. The second kappa shape index (κ2) is 5.47. The fourth-order valence-corrected chi connectivity index (χ4v) is 3.53. The maximum absolute atomic E-state index is 12.0. The molecule has 0 amide bonds. The van der Waals surface area contributed by atoms with Gasteiger partial charge in [-0.1, -0.05) is 19.8 Å². The first-order valence-electron chi connectivity index (χ1n) is 5.51. The van der Waals surface area contributed by atoms with Crippen molar-refractivity contribution in [1.82, 2.24) is 4.31 Å². The van der Waals surface area contributed by atoms with E-state index in [2.05, 4.69) is 0 Å². The van der Waals surface area contributed by atoms with Crippen LogP contribution in [0.4, 0.5) is 0 Å². The molecule has 1 heterocycles. The molecule has 4 nitrogen and oxygen atoms in total. The smallest absolute Gasteiger partial charge is 0.211 e. The van der Waals surface area contributed by atoms with Crippen LogP contribution in [0.25, 0.3) is 0 Å². The summed E-state index contributed by atoms with van der Waals surface area (Å²) < 4.78 is 25.5. The Morgan fingerprint density at radius 2 is 1.80 bits per heavy atom. The maximum Gasteiger partial charge on any atom is 0.230 e. The third-order valence-electron chi connectivity index (χ3n) is 2.80. The Hall–Kier alpha value is -0.600. The first-order valence-corrected chi connectivity index (χ1v) is 7.01. The van der Waals surface area contributed by atoms with Crippen LogP contribution < -0.4 is 0 Å². The van der Waals surface area contributed by atoms with E-state index in [1.165, 1.54) is 4.31 Å². The Morgan fingerprint density at radius 1 is 1.27 bits per heavy atom. The van der Waals surface area contributed by atoms with Crippen molar-refractivity contribution in [2.24, 2.45) is 0 Å². The molecule has 86 valence electrons. The van der Waals surface area contributed by atoms with Gasteiger partial charge >= 0.3 is 0 Å². The van der Waals surface area contributed by atoms with Gasteiger partial charge in [0.05, 0.1) is 6.07 Å². The van der Waals surface area contributed by atoms with Crippen LogP contribution in [0.1, 0.15) is 39.0 Å². The van der Waals surface area contributed by atoms with Crippen molar-refractivity contribution in [1.29, 1.82) is 5.26 Å². The van der Waals surface area contributed by atoms with Gasteiger partial charge in [-0.3, -0.25) is 0 Å². The number of sulfonamides is 1. The zero-order valence-electron chi connectivity index (χ0n) is 9.15. The Balaban J connectivity index is 2.79. The Bertz CT molecular complexity index is 324. The van der Waals surface area contributed by atoms with Crippen LogP contribution >= 0.6 is 0 Å². The number of hydrogen-bond acceptors (Lipinski definition) is 3. The van der Waals surface area contributed by atoms with Gasteiger partial charge in [-0.05, 0) is 19.3 Å². The summed E-state index contributed by atoms with van der Waals surface area (Å²) in [5, 5.41) is 7.94. The van der Waals surface area contributed by atoms with E-state index in [0.29, 0.717) is 19.5 Å². The van der Waals surface area contributed by atoms with Crippen molar-refractivity contribution >= 4 is 10.0 Å². The summed E-state index contributed by atoms with van der Waals surface area (Å²) >= 11 is 0. The number of rotatable bonds is 3. The molecular weight excluding hydrogens is 212 g/mol. The van der Waals surface area contributed by atoms with Crippen LogP contribution in [-0.2, 0) is 10.0 Å². The van der Waals surface area contributed by atoms with Crippen molar-refractivity contribution in [2.45, 2.75) is 44.3 Å². The summed E-state index contributed by atoms with van der Waals surface area (Å²) in [7, 11) is -3.38. The van der Waals surface area contributed by atoms with Crippen LogP contribution in [0, 0.1) is 11.3 Å². The van der Waals surface area contributed by atoms with E-state index in [-0.39, 0.29) is 0 Å². The normalized spacial score (nSPS) is 21.6. The predicted molar refractivity (Wildman–Crippen MR) is 58.7 cm³/mol. The van der Waals surface area contributed by atoms with Gasteiger partial charge in [0.1, 0.15) is 0 Å². The lowest BCUT2D eigenvalue weighted by atomic mass is 10.2. The second-order valence-electron chi connectivity index (χ2n) is 3.88. The highest BCUT2D eigenvalue weighted by molar-refractivity contribution is 7.90. The Labute approximate surface area is 91.9 Å². The SMILES string of the molecule is CCC(C#N)S(=O)(=O)N1CCCCCC1. The summed E-state index contributed by atoms with van der Waals surface area (Å²) in [5.74, 6) is 0. The highest BCUT2D eigenvalue weighted by Gasteiger charge is 2.30. The largest absolute Gasteiger partial charge is 0.230 e. The van der Waals surface area contributed by atoms with E-state index in [0.717, 1.165) is 25.7 Å². The van der Waals surface area contributed by atoms with E-state index in [1.54, 1.807) is 6.92 Å². The summed E-state index contributed by atoms with van der Waals surface area (Å²) in [4.78, 5) is 0. The first kappa shape index (κ1) is 12.5. The molecule has 1 unspecified atom stereocenters. The quantitative estimate of drug-likeness (QED) is 0.738. The Kier molecular flexibility index (Phi) is 4.55. The zero-order valence-corrected chi connectivity index (χ0v) is 9.96. The molecule has 1 saturated heterocycles. The minimum absolute atomic E-state index is 0.370. The molecule has 1 aliphatic heterocycles. The summed E-state index contributed by atoms with van der Waals surface area (Å²) in [5.41, 5.74) is 0. The average Bonchev–Trinajstić information content (AvgIpc) is 2.47. The lowest BCUT2D eigenvalue weighted by molar-refractivity contribution is 0.419. The minimum Gasteiger partial charge on any atom is -0.211 e.